The van der Waals surface area contributed by atoms with Crippen LogP contribution in [-0.2, 0) is 23.8 Å². The highest BCUT2D eigenvalue weighted by atomic mass is 16.6. The van der Waals surface area contributed by atoms with Gasteiger partial charge in [-0.05, 0) is 121 Å². The average Bonchev–Trinajstić information content (AvgIpc) is 3.19. The van der Waals surface area contributed by atoms with Gasteiger partial charge in [0.05, 0.1) is 45.2 Å². The summed E-state index contributed by atoms with van der Waals surface area (Å²) in [7, 11) is 2.42. The Kier molecular flexibility index (Phi) is 21.8. The molecule has 3 amide bonds. The number of alkyl carbamates (subject to hydrolysis) is 1. The summed E-state index contributed by atoms with van der Waals surface area (Å²) in [5, 5.41) is 43.5. The Hall–Kier alpha value is -6.37. The fraction of sp³-hybridized carbons (Fsp3) is 0.444. The summed E-state index contributed by atoms with van der Waals surface area (Å²) in [5.74, 6) is 18.9. The van der Waals surface area contributed by atoms with Crippen LogP contribution in [0.25, 0.3) is 0 Å². The van der Waals surface area contributed by atoms with E-state index in [0.717, 1.165) is 0 Å². The van der Waals surface area contributed by atoms with Crippen LogP contribution < -0.4 is 21.7 Å². The van der Waals surface area contributed by atoms with Crippen LogP contribution in [0.1, 0.15) is 93.2 Å². The van der Waals surface area contributed by atoms with Gasteiger partial charge in [0.15, 0.2) is 0 Å². The molecule has 0 fully saturated rings. The zero-order chi connectivity index (χ0) is 46.4. The first-order valence-corrected chi connectivity index (χ1v) is 18.8. The van der Waals surface area contributed by atoms with E-state index < -0.39 is 70.8 Å². The van der Waals surface area contributed by atoms with Gasteiger partial charge in [0, 0.05) is 40.6 Å². The molecule has 0 radical (unpaired) electrons. The topological polar surface area (TPSA) is 256 Å². The number of esters is 2. The molecule has 2 rings (SSSR count). The van der Waals surface area contributed by atoms with E-state index in [0.29, 0.717) is 16.7 Å². The van der Waals surface area contributed by atoms with Gasteiger partial charge in [-0.25, -0.2) is 14.4 Å². The molecule has 0 aromatic heterocycles. The standard InChI is InChI=1S/C25H32N2O7.C20H24N2O5/c1-24(2,3)34-23(32)27-25(4,5)20(22(31)33-6)26-21(30)18-14-12-17(13-15-18)10-8-7-9-11-19(29)16-28;1-20(2,21)17(19(26)27-3)22-18(25)15-11-9-14(10-12-15)7-5-4-6-8-16(24)13-23/h12-15,19-20,28-29H,11,16H2,1-6H3,(H,26,30)(H,27,32);9-12,16-17,23-24H,8,13,21H2,1-3H3,(H,22,25)/t19?,20-;16?,17-/m11/s1. The van der Waals surface area contributed by atoms with Crippen molar-refractivity contribution >= 4 is 29.8 Å². The highest BCUT2D eigenvalue weighted by Gasteiger charge is 2.40. The fourth-order valence-electron chi connectivity index (χ4n) is 4.56. The third-order valence-electron chi connectivity index (χ3n) is 7.82. The number of methoxy groups -OCH3 is 2. The molecule has 0 saturated heterocycles. The van der Waals surface area contributed by atoms with Crippen LogP contribution in [0.2, 0.25) is 0 Å². The Morgan fingerprint density at radius 3 is 1.36 bits per heavy atom. The maximum atomic E-state index is 12.8. The van der Waals surface area contributed by atoms with Gasteiger partial charge in [-0.3, -0.25) is 9.59 Å². The second-order valence-corrected chi connectivity index (χ2v) is 15.4. The predicted octanol–water partition coefficient (Wildman–Crippen LogP) is 1.15. The third kappa shape index (κ3) is 20.4. The van der Waals surface area contributed by atoms with Gasteiger partial charge in [0.25, 0.3) is 11.8 Å². The maximum absolute atomic E-state index is 12.8. The number of rotatable bonds is 13. The molecule has 328 valence electrons. The van der Waals surface area contributed by atoms with E-state index >= 15 is 0 Å². The first-order chi connectivity index (χ1) is 28.5. The minimum absolute atomic E-state index is 0.116. The number of carbonyl (C=O) groups is 5. The van der Waals surface area contributed by atoms with Crippen LogP contribution in [0, 0.1) is 47.4 Å². The molecular weight excluding hydrogens is 789 g/mol. The van der Waals surface area contributed by atoms with E-state index in [1.807, 2.05) is 0 Å². The molecule has 0 aliphatic rings. The second kappa shape index (κ2) is 25.3. The molecule has 0 heterocycles. The molecule has 16 heteroatoms. The van der Waals surface area contributed by atoms with E-state index in [1.54, 1.807) is 84.9 Å². The van der Waals surface area contributed by atoms with Crippen molar-refractivity contribution in [3.8, 4) is 47.4 Å². The number of hydrogen-bond acceptors (Lipinski definition) is 13. The van der Waals surface area contributed by atoms with Crippen LogP contribution in [0.15, 0.2) is 48.5 Å². The van der Waals surface area contributed by atoms with E-state index in [-0.39, 0.29) is 31.6 Å². The Morgan fingerprint density at radius 1 is 0.639 bits per heavy atom. The van der Waals surface area contributed by atoms with Crippen molar-refractivity contribution < 1.29 is 58.6 Å². The molecule has 9 N–H and O–H groups in total. The lowest BCUT2D eigenvalue weighted by Gasteiger charge is -2.34. The quantitative estimate of drug-likeness (QED) is 0.0802. The summed E-state index contributed by atoms with van der Waals surface area (Å²) >= 11 is 0. The first kappa shape index (κ1) is 52.6. The number of nitrogens with two attached hydrogens (primary N) is 1. The monoisotopic (exact) mass is 844 g/mol. The molecule has 0 bridgehead atoms. The van der Waals surface area contributed by atoms with Crippen LogP contribution in [-0.4, -0.2) is 119 Å². The maximum Gasteiger partial charge on any atom is 0.408 e. The zero-order valence-electron chi connectivity index (χ0n) is 35.9. The Bertz CT molecular complexity index is 2060. The summed E-state index contributed by atoms with van der Waals surface area (Å²) in [6.07, 6.45) is -2.25. The predicted molar refractivity (Wildman–Crippen MR) is 226 cm³/mol. The van der Waals surface area contributed by atoms with Crippen molar-refractivity contribution in [2.24, 2.45) is 5.73 Å². The van der Waals surface area contributed by atoms with E-state index in [9.17, 15) is 29.1 Å². The molecule has 2 aromatic carbocycles. The van der Waals surface area contributed by atoms with Crippen LogP contribution in [0.3, 0.4) is 0 Å². The summed E-state index contributed by atoms with van der Waals surface area (Å²) in [4.78, 5) is 61.6. The molecule has 0 aliphatic heterocycles. The number of aliphatic hydroxyl groups excluding tert-OH is 4. The van der Waals surface area contributed by atoms with Gasteiger partial charge < -0.3 is 56.3 Å². The summed E-state index contributed by atoms with van der Waals surface area (Å²) in [5.41, 5.74) is 4.85. The van der Waals surface area contributed by atoms with E-state index in [1.165, 1.54) is 26.4 Å². The summed E-state index contributed by atoms with van der Waals surface area (Å²) in [6, 6.07) is 10.5. The molecule has 2 aromatic rings. The lowest BCUT2D eigenvalue weighted by molar-refractivity contribution is -0.145. The van der Waals surface area contributed by atoms with Crippen molar-refractivity contribution in [3.63, 3.8) is 0 Å². The van der Waals surface area contributed by atoms with Gasteiger partial charge in [0.2, 0.25) is 0 Å². The molecule has 61 heavy (non-hydrogen) atoms. The Balaban J connectivity index is 0.000000626. The number of benzene rings is 2. The minimum atomic E-state index is -1.22. The van der Waals surface area contributed by atoms with Gasteiger partial charge in [-0.1, -0.05) is 23.7 Å². The van der Waals surface area contributed by atoms with Crippen molar-refractivity contribution in [2.45, 2.75) is 102 Å². The highest BCUT2D eigenvalue weighted by Crippen LogP contribution is 2.16. The van der Waals surface area contributed by atoms with E-state index in [2.05, 4.69) is 68.1 Å². The second-order valence-electron chi connectivity index (χ2n) is 15.4. The summed E-state index contributed by atoms with van der Waals surface area (Å²) in [6.45, 7) is 10.8. The Morgan fingerprint density at radius 2 is 1.02 bits per heavy atom. The van der Waals surface area contributed by atoms with Gasteiger partial charge in [-0.2, -0.15) is 0 Å². The van der Waals surface area contributed by atoms with E-state index in [4.69, 9.17) is 30.5 Å². The van der Waals surface area contributed by atoms with Crippen LogP contribution in [0.4, 0.5) is 4.79 Å². The average molecular weight is 845 g/mol. The van der Waals surface area contributed by atoms with Crippen molar-refractivity contribution in [3.05, 3.63) is 70.8 Å². The number of ether oxygens (including phenoxy) is 3. The minimum Gasteiger partial charge on any atom is -0.467 e. The first-order valence-electron chi connectivity index (χ1n) is 18.8. The molecular formula is C45H56N4O12. The SMILES string of the molecule is COC(=O)[C@@H](NC(=O)c1ccc(C#CC#CCC(O)CO)cc1)C(C)(C)N.COC(=O)[C@@H](NC(=O)c1ccc(C#CC#CCC(O)CO)cc1)C(C)(C)NC(=O)OC(C)(C)C. The summed E-state index contributed by atoms with van der Waals surface area (Å²) < 4.78 is 14.7. The van der Waals surface area contributed by atoms with Gasteiger partial charge >= 0.3 is 18.0 Å². The number of nitrogens with one attached hydrogen (secondary N) is 3. The Labute approximate surface area is 357 Å². The third-order valence-corrected chi connectivity index (χ3v) is 7.82. The lowest BCUT2D eigenvalue weighted by Crippen LogP contribution is -2.62. The van der Waals surface area contributed by atoms with Crippen molar-refractivity contribution in [1.82, 2.24) is 16.0 Å². The zero-order valence-corrected chi connectivity index (χ0v) is 35.9. The van der Waals surface area contributed by atoms with Crippen LogP contribution >= 0.6 is 0 Å². The van der Waals surface area contributed by atoms with Crippen molar-refractivity contribution in [2.75, 3.05) is 27.4 Å². The smallest absolute Gasteiger partial charge is 0.408 e. The van der Waals surface area contributed by atoms with Crippen molar-refractivity contribution in [1.29, 1.82) is 0 Å². The molecule has 0 spiro atoms. The number of carbonyl (C=O) groups excluding carboxylic acids is 5. The highest BCUT2D eigenvalue weighted by molar-refractivity contribution is 5.98. The number of aliphatic hydroxyl groups is 4. The van der Waals surface area contributed by atoms with Gasteiger partial charge in [0.1, 0.15) is 17.7 Å². The molecule has 2 unspecified atom stereocenters. The van der Waals surface area contributed by atoms with Crippen LogP contribution in [0.5, 0.6) is 0 Å². The molecule has 16 nitrogen and oxygen atoms in total. The lowest BCUT2D eigenvalue weighted by atomic mass is 9.94. The van der Waals surface area contributed by atoms with Gasteiger partial charge in [-0.15, -0.1) is 0 Å². The molecule has 0 aliphatic carbocycles. The number of hydrogen-bond donors (Lipinski definition) is 8. The number of amides is 3. The molecule has 4 atom stereocenters. The normalized spacial score (nSPS) is 12.6. The largest absolute Gasteiger partial charge is 0.467 e. The molecule has 0 saturated carbocycles. The fourth-order valence-corrected chi connectivity index (χ4v) is 4.56.